The molecule has 19 heavy (non-hydrogen) atoms. The molecule has 0 aliphatic rings. The van der Waals surface area contributed by atoms with E-state index in [1.165, 1.54) is 13.1 Å². The van der Waals surface area contributed by atoms with Crippen LogP contribution >= 0.6 is 23.2 Å². The molecule has 5 nitrogen and oxygen atoms in total. The van der Waals surface area contributed by atoms with Gasteiger partial charge < -0.3 is 10.1 Å². The Bertz CT molecular complexity index is 620. The van der Waals surface area contributed by atoms with Crippen LogP contribution in [-0.2, 0) is 4.79 Å². The molecule has 2 aromatic rings. The summed E-state index contributed by atoms with van der Waals surface area (Å²) in [5.74, 6) is 0.330. The number of hydrogen-bond acceptors (Lipinski definition) is 4. The number of carbonyl (C=O) groups is 1. The standard InChI is InChI=1S/C12H9Cl2N3O2/c1-7(18)16-9-4-2-3-5-10(9)19-11-8(13)6-15-12(14)17-11/h2-6H,1H3,(H,16,18). The Labute approximate surface area is 119 Å². The lowest BCUT2D eigenvalue weighted by molar-refractivity contribution is -0.114. The Kier molecular flexibility index (Phi) is 4.19. The minimum absolute atomic E-state index is 0.0245. The number of halogens is 2. The van der Waals surface area contributed by atoms with Gasteiger partial charge in [0.15, 0.2) is 5.75 Å². The van der Waals surface area contributed by atoms with E-state index in [0.717, 1.165) is 0 Å². The van der Waals surface area contributed by atoms with Crippen molar-refractivity contribution in [2.75, 3.05) is 5.32 Å². The molecule has 0 unspecified atom stereocenters. The number of nitrogens with zero attached hydrogens (tertiary/aromatic N) is 2. The predicted octanol–water partition coefficient (Wildman–Crippen LogP) is 3.53. The van der Waals surface area contributed by atoms with E-state index >= 15 is 0 Å². The quantitative estimate of drug-likeness (QED) is 0.880. The minimum Gasteiger partial charge on any atom is -0.435 e. The highest BCUT2D eigenvalue weighted by Crippen LogP contribution is 2.32. The molecule has 0 aliphatic heterocycles. The fraction of sp³-hybridized carbons (Fsp3) is 0.0833. The summed E-state index contributed by atoms with van der Waals surface area (Å²) in [6.45, 7) is 1.41. The van der Waals surface area contributed by atoms with E-state index in [2.05, 4.69) is 15.3 Å². The molecule has 0 saturated heterocycles. The fourth-order valence-corrected chi connectivity index (χ4v) is 1.61. The van der Waals surface area contributed by atoms with E-state index in [1.807, 2.05) is 0 Å². The average molecular weight is 298 g/mol. The second-order valence-electron chi connectivity index (χ2n) is 3.57. The molecule has 7 heteroatoms. The van der Waals surface area contributed by atoms with E-state index < -0.39 is 0 Å². The van der Waals surface area contributed by atoms with Crippen LogP contribution in [0.5, 0.6) is 11.6 Å². The van der Waals surface area contributed by atoms with Crippen LogP contribution in [0.1, 0.15) is 6.92 Å². The zero-order valence-electron chi connectivity index (χ0n) is 9.85. The normalized spacial score (nSPS) is 10.1. The van der Waals surface area contributed by atoms with Crippen molar-refractivity contribution in [2.24, 2.45) is 0 Å². The van der Waals surface area contributed by atoms with Gasteiger partial charge in [0.25, 0.3) is 0 Å². The number of aromatic nitrogens is 2. The number of benzene rings is 1. The van der Waals surface area contributed by atoms with Crippen LogP contribution in [0.25, 0.3) is 0 Å². The van der Waals surface area contributed by atoms with E-state index in [4.69, 9.17) is 27.9 Å². The number of amides is 1. The molecule has 1 heterocycles. The molecule has 0 atom stereocenters. The van der Waals surface area contributed by atoms with Crippen molar-refractivity contribution >= 4 is 34.8 Å². The zero-order chi connectivity index (χ0) is 13.8. The molecule has 98 valence electrons. The van der Waals surface area contributed by atoms with Gasteiger partial charge in [-0.1, -0.05) is 23.7 Å². The Morgan fingerprint density at radius 1 is 1.32 bits per heavy atom. The van der Waals surface area contributed by atoms with Gasteiger partial charge in [0, 0.05) is 6.92 Å². The second kappa shape index (κ2) is 5.86. The van der Waals surface area contributed by atoms with Gasteiger partial charge in [-0.05, 0) is 23.7 Å². The summed E-state index contributed by atoms with van der Waals surface area (Å²) in [4.78, 5) is 18.7. The largest absolute Gasteiger partial charge is 0.435 e. The molecule has 0 bridgehead atoms. The number of carbonyl (C=O) groups excluding carboxylic acids is 1. The van der Waals surface area contributed by atoms with Gasteiger partial charge in [-0.2, -0.15) is 4.98 Å². The lowest BCUT2D eigenvalue weighted by Gasteiger charge is -2.11. The van der Waals surface area contributed by atoms with Crippen molar-refractivity contribution < 1.29 is 9.53 Å². The minimum atomic E-state index is -0.206. The van der Waals surface area contributed by atoms with Crippen molar-refractivity contribution in [3.05, 3.63) is 40.8 Å². The topological polar surface area (TPSA) is 64.1 Å². The third kappa shape index (κ3) is 3.56. The molecule has 0 aliphatic carbocycles. The van der Waals surface area contributed by atoms with Crippen molar-refractivity contribution in [2.45, 2.75) is 6.92 Å². The van der Waals surface area contributed by atoms with Crippen LogP contribution in [0.4, 0.5) is 5.69 Å². The van der Waals surface area contributed by atoms with Crippen LogP contribution in [0.3, 0.4) is 0 Å². The van der Waals surface area contributed by atoms with E-state index in [0.29, 0.717) is 11.4 Å². The average Bonchev–Trinajstić information content (AvgIpc) is 2.35. The Morgan fingerprint density at radius 2 is 2.05 bits per heavy atom. The molecular formula is C12H9Cl2N3O2. The molecule has 0 fully saturated rings. The summed E-state index contributed by atoms with van der Waals surface area (Å²) in [6, 6.07) is 6.91. The number of ether oxygens (including phenoxy) is 1. The van der Waals surface area contributed by atoms with Gasteiger partial charge >= 0.3 is 0 Å². The Hall–Kier alpha value is -1.85. The van der Waals surface area contributed by atoms with Crippen LogP contribution < -0.4 is 10.1 Å². The number of para-hydroxylation sites is 2. The highest BCUT2D eigenvalue weighted by molar-refractivity contribution is 6.32. The number of hydrogen-bond donors (Lipinski definition) is 1. The van der Waals surface area contributed by atoms with Gasteiger partial charge in [-0.15, -0.1) is 0 Å². The smallest absolute Gasteiger partial charge is 0.242 e. The van der Waals surface area contributed by atoms with E-state index in [-0.39, 0.29) is 22.1 Å². The van der Waals surface area contributed by atoms with Crippen LogP contribution in [0.15, 0.2) is 30.5 Å². The summed E-state index contributed by atoms with van der Waals surface area (Å²) < 4.78 is 5.54. The van der Waals surface area contributed by atoms with Crippen LogP contribution in [0, 0.1) is 0 Å². The lowest BCUT2D eigenvalue weighted by Crippen LogP contribution is -2.07. The van der Waals surface area contributed by atoms with E-state index in [1.54, 1.807) is 24.3 Å². The predicted molar refractivity (Wildman–Crippen MR) is 72.9 cm³/mol. The molecule has 1 N–H and O–H groups in total. The molecule has 2 rings (SSSR count). The summed E-state index contributed by atoms with van der Waals surface area (Å²) in [7, 11) is 0. The fourth-order valence-electron chi connectivity index (χ4n) is 1.36. The lowest BCUT2D eigenvalue weighted by atomic mass is 10.3. The van der Waals surface area contributed by atoms with Crippen LogP contribution in [-0.4, -0.2) is 15.9 Å². The first-order chi connectivity index (χ1) is 9.06. The molecule has 0 radical (unpaired) electrons. The van der Waals surface area contributed by atoms with Gasteiger partial charge in [0.1, 0.15) is 5.02 Å². The maximum Gasteiger partial charge on any atom is 0.242 e. The first kappa shape index (κ1) is 13.6. The summed E-state index contributed by atoms with van der Waals surface area (Å²) in [5.41, 5.74) is 0.515. The van der Waals surface area contributed by atoms with Crippen molar-refractivity contribution in [3.8, 4) is 11.6 Å². The zero-order valence-corrected chi connectivity index (χ0v) is 11.4. The van der Waals surface area contributed by atoms with Gasteiger partial charge in [0.05, 0.1) is 11.9 Å². The van der Waals surface area contributed by atoms with Crippen molar-refractivity contribution in [1.82, 2.24) is 9.97 Å². The third-order valence-corrected chi connectivity index (χ3v) is 2.53. The molecule has 0 saturated carbocycles. The van der Waals surface area contributed by atoms with Crippen molar-refractivity contribution in [3.63, 3.8) is 0 Å². The van der Waals surface area contributed by atoms with Crippen molar-refractivity contribution in [1.29, 1.82) is 0 Å². The Morgan fingerprint density at radius 3 is 2.79 bits per heavy atom. The number of rotatable bonds is 3. The Balaban J connectivity index is 2.32. The van der Waals surface area contributed by atoms with E-state index in [9.17, 15) is 4.79 Å². The third-order valence-electron chi connectivity index (χ3n) is 2.09. The molecule has 1 aromatic carbocycles. The molecular weight excluding hydrogens is 289 g/mol. The molecule has 1 amide bonds. The maximum atomic E-state index is 11.1. The number of anilines is 1. The second-order valence-corrected chi connectivity index (χ2v) is 4.32. The molecule has 0 spiro atoms. The summed E-state index contributed by atoms with van der Waals surface area (Å²) >= 11 is 11.6. The monoisotopic (exact) mass is 297 g/mol. The highest BCUT2D eigenvalue weighted by atomic mass is 35.5. The number of nitrogens with one attached hydrogen (secondary N) is 1. The SMILES string of the molecule is CC(=O)Nc1ccccc1Oc1nc(Cl)ncc1Cl. The summed E-state index contributed by atoms with van der Waals surface area (Å²) in [5, 5.41) is 2.89. The van der Waals surface area contributed by atoms with Gasteiger partial charge in [0.2, 0.25) is 17.1 Å². The highest BCUT2D eigenvalue weighted by Gasteiger charge is 2.10. The maximum absolute atomic E-state index is 11.1. The van der Waals surface area contributed by atoms with Crippen LogP contribution in [0.2, 0.25) is 10.3 Å². The first-order valence-electron chi connectivity index (χ1n) is 5.29. The van der Waals surface area contributed by atoms with Gasteiger partial charge in [-0.25, -0.2) is 4.98 Å². The van der Waals surface area contributed by atoms with Gasteiger partial charge in [-0.3, -0.25) is 4.79 Å². The molecule has 1 aromatic heterocycles. The first-order valence-corrected chi connectivity index (χ1v) is 6.04. The summed E-state index contributed by atoms with van der Waals surface area (Å²) in [6.07, 6.45) is 1.34.